The number of oxazole rings is 1. The van der Waals surface area contributed by atoms with Crippen LogP contribution in [0, 0.1) is 0 Å². The molecule has 0 saturated carbocycles. The molecule has 4 heteroatoms. The van der Waals surface area contributed by atoms with Crippen LogP contribution in [0.4, 0.5) is 6.01 Å². The Bertz CT molecular complexity index is 243. The van der Waals surface area contributed by atoms with Gasteiger partial charge < -0.3 is 15.1 Å². The van der Waals surface area contributed by atoms with Crippen molar-refractivity contribution in [3.63, 3.8) is 0 Å². The molecule has 0 aliphatic carbocycles. The summed E-state index contributed by atoms with van der Waals surface area (Å²) >= 11 is 0. The van der Waals surface area contributed by atoms with E-state index in [4.69, 9.17) is 10.2 Å². The van der Waals surface area contributed by atoms with Gasteiger partial charge in [-0.15, -0.1) is 0 Å². The van der Waals surface area contributed by atoms with Gasteiger partial charge in [0.05, 0.1) is 5.69 Å². The van der Waals surface area contributed by atoms with Crippen LogP contribution in [0.15, 0.2) is 10.7 Å². The molecule has 0 atom stereocenters. The zero-order valence-electron chi connectivity index (χ0n) is 8.29. The van der Waals surface area contributed by atoms with Crippen LogP contribution in [0.1, 0.15) is 19.5 Å². The lowest BCUT2D eigenvalue weighted by atomic mass is 10.3. The van der Waals surface area contributed by atoms with Gasteiger partial charge in [0, 0.05) is 19.5 Å². The average molecular weight is 183 g/mol. The number of aromatic nitrogens is 1. The molecule has 0 amide bonds. The molecular weight excluding hydrogens is 166 g/mol. The van der Waals surface area contributed by atoms with Crippen LogP contribution in [-0.4, -0.2) is 24.6 Å². The van der Waals surface area contributed by atoms with Crippen molar-refractivity contribution in [1.29, 1.82) is 0 Å². The van der Waals surface area contributed by atoms with E-state index in [0.29, 0.717) is 12.6 Å². The van der Waals surface area contributed by atoms with Gasteiger partial charge >= 0.3 is 0 Å². The fourth-order valence-corrected chi connectivity index (χ4v) is 1.20. The first-order valence-corrected chi connectivity index (χ1v) is 4.71. The van der Waals surface area contributed by atoms with E-state index in [1.165, 1.54) is 0 Å². The van der Waals surface area contributed by atoms with E-state index in [2.05, 4.69) is 23.7 Å². The lowest BCUT2D eigenvalue weighted by Gasteiger charge is -2.14. The molecule has 0 spiro atoms. The highest BCUT2D eigenvalue weighted by molar-refractivity contribution is 5.26. The molecule has 0 aliphatic rings. The van der Waals surface area contributed by atoms with E-state index in [1.54, 1.807) is 6.26 Å². The van der Waals surface area contributed by atoms with E-state index < -0.39 is 0 Å². The Kier molecular flexibility index (Phi) is 3.76. The van der Waals surface area contributed by atoms with E-state index >= 15 is 0 Å². The summed E-state index contributed by atoms with van der Waals surface area (Å²) in [5.41, 5.74) is 6.35. The van der Waals surface area contributed by atoms with Gasteiger partial charge in [0.15, 0.2) is 0 Å². The first-order valence-electron chi connectivity index (χ1n) is 4.71. The van der Waals surface area contributed by atoms with Crippen molar-refractivity contribution in [2.24, 2.45) is 5.73 Å². The fraction of sp³-hybridized carbons (Fsp3) is 0.667. The SMILES string of the molecule is CCN(CC)c1nc(CCN)co1. The minimum absolute atomic E-state index is 0.615. The molecule has 1 aromatic heterocycles. The van der Waals surface area contributed by atoms with Crippen LogP contribution in [0.2, 0.25) is 0 Å². The first-order chi connectivity index (χ1) is 6.31. The first kappa shape index (κ1) is 10.1. The van der Waals surface area contributed by atoms with E-state index in [-0.39, 0.29) is 0 Å². The van der Waals surface area contributed by atoms with Crippen LogP contribution in [0.3, 0.4) is 0 Å². The number of hydrogen-bond donors (Lipinski definition) is 1. The zero-order chi connectivity index (χ0) is 9.68. The van der Waals surface area contributed by atoms with Crippen molar-refractivity contribution >= 4 is 6.01 Å². The highest BCUT2D eigenvalue weighted by Crippen LogP contribution is 2.12. The number of rotatable bonds is 5. The van der Waals surface area contributed by atoms with Crippen LogP contribution in [0.25, 0.3) is 0 Å². The third-order valence-corrected chi connectivity index (χ3v) is 1.97. The highest BCUT2D eigenvalue weighted by Gasteiger charge is 2.08. The quantitative estimate of drug-likeness (QED) is 0.740. The number of anilines is 1. The summed E-state index contributed by atoms with van der Waals surface area (Å²) < 4.78 is 5.32. The summed E-state index contributed by atoms with van der Waals surface area (Å²) in [4.78, 5) is 6.39. The second-order valence-electron chi connectivity index (χ2n) is 2.83. The summed E-state index contributed by atoms with van der Waals surface area (Å²) in [5, 5.41) is 0. The summed E-state index contributed by atoms with van der Waals surface area (Å²) in [5.74, 6) is 0. The molecule has 1 aromatic rings. The molecule has 74 valence electrons. The molecule has 0 bridgehead atoms. The molecule has 13 heavy (non-hydrogen) atoms. The van der Waals surface area contributed by atoms with Crippen LogP contribution in [-0.2, 0) is 6.42 Å². The smallest absolute Gasteiger partial charge is 0.297 e. The highest BCUT2D eigenvalue weighted by atomic mass is 16.4. The summed E-state index contributed by atoms with van der Waals surface area (Å²) in [6.07, 6.45) is 2.46. The van der Waals surface area contributed by atoms with Gasteiger partial charge in [0.1, 0.15) is 6.26 Å². The van der Waals surface area contributed by atoms with Gasteiger partial charge in [-0.3, -0.25) is 0 Å². The zero-order valence-corrected chi connectivity index (χ0v) is 8.29. The number of nitrogens with zero attached hydrogens (tertiary/aromatic N) is 2. The number of hydrogen-bond acceptors (Lipinski definition) is 4. The second-order valence-corrected chi connectivity index (χ2v) is 2.83. The van der Waals surface area contributed by atoms with Gasteiger partial charge in [0.2, 0.25) is 0 Å². The van der Waals surface area contributed by atoms with Crippen molar-refractivity contribution in [3.8, 4) is 0 Å². The molecule has 0 aromatic carbocycles. The van der Waals surface area contributed by atoms with Crippen molar-refractivity contribution in [1.82, 2.24) is 4.98 Å². The Labute approximate surface area is 78.7 Å². The molecule has 1 heterocycles. The Hall–Kier alpha value is -1.03. The third kappa shape index (κ3) is 2.45. The van der Waals surface area contributed by atoms with Crippen LogP contribution >= 0.6 is 0 Å². The van der Waals surface area contributed by atoms with Gasteiger partial charge in [-0.25, -0.2) is 0 Å². The lowest BCUT2D eigenvalue weighted by molar-refractivity contribution is 0.539. The summed E-state index contributed by atoms with van der Waals surface area (Å²) in [6, 6.07) is 0.702. The second kappa shape index (κ2) is 4.87. The molecule has 0 radical (unpaired) electrons. The van der Waals surface area contributed by atoms with Crippen molar-refractivity contribution in [2.75, 3.05) is 24.5 Å². The van der Waals surface area contributed by atoms with Gasteiger partial charge in [0.25, 0.3) is 6.01 Å². The van der Waals surface area contributed by atoms with E-state index in [1.807, 2.05) is 0 Å². The summed E-state index contributed by atoms with van der Waals surface area (Å²) in [7, 11) is 0. The number of nitrogens with two attached hydrogens (primary N) is 1. The molecule has 0 aliphatic heterocycles. The van der Waals surface area contributed by atoms with E-state index in [9.17, 15) is 0 Å². The standard InChI is InChI=1S/C9H17N3O/c1-3-12(4-2)9-11-8(5-6-10)7-13-9/h7H,3-6,10H2,1-2H3. The van der Waals surface area contributed by atoms with E-state index in [0.717, 1.165) is 25.2 Å². The monoisotopic (exact) mass is 183 g/mol. The Morgan fingerprint density at radius 1 is 1.46 bits per heavy atom. The van der Waals surface area contributed by atoms with Gasteiger partial charge in [-0.05, 0) is 20.4 Å². The summed E-state index contributed by atoms with van der Waals surface area (Å²) in [6.45, 7) is 6.61. The fourth-order valence-electron chi connectivity index (χ4n) is 1.20. The minimum Gasteiger partial charge on any atom is -0.432 e. The molecule has 0 saturated heterocycles. The lowest BCUT2D eigenvalue weighted by Crippen LogP contribution is -2.22. The molecule has 1 rings (SSSR count). The Morgan fingerprint density at radius 2 is 2.15 bits per heavy atom. The molecule has 2 N–H and O–H groups in total. The van der Waals surface area contributed by atoms with Gasteiger partial charge in [-0.2, -0.15) is 4.98 Å². The molecule has 0 fully saturated rings. The maximum absolute atomic E-state index is 5.42. The molecule has 4 nitrogen and oxygen atoms in total. The van der Waals surface area contributed by atoms with Crippen LogP contribution in [0.5, 0.6) is 0 Å². The Balaban J connectivity index is 2.66. The van der Waals surface area contributed by atoms with Crippen molar-refractivity contribution in [3.05, 3.63) is 12.0 Å². The van der Waals surface area contributed by atoms with Crippen molar-refractivity contribution < 1.29 is 4.42 Å². The predicted molar refractivity (Wildman–Crippen MR) is 52.8 cm³/mol. The minimum atomic E-state index is 0.615. The molecule has 0 unspecified atom stereocenters. The molecular formula is C9H17N3O. The van der Waals surface area contributed by atoms with Gasteiger partial charge in [-0.1, -0.05) is 0 Å². The maximum Gasteiger partial charge on any atom is 0.297 e. The van der Waals surface area contributed by atoms with Crippen LogP contribution < -0.4 is 10.6 Å². The predicted octanol–water partition coefficient (Wildman–Crippen LogP) is 1.02. The topological polar surface area (TPSA) is 55.3 Å². The maximum atomic E-state index is 5.42. The normalized spacial score (nSPS) is 10.4. The average Bonchev–Trinajstić information content (AvgIpc) is 2.56. The largest absolute Gasteiger partial charge is 0.432 e. The third-order valence-electron chi connectivity index (χ3n) is 1.97. The van der Waals surface area contributed by atoms with Crippen molar-refractivity contribution in [2.45, 2.75) is 20.3 Å². The Morgan fingerprint density at radius 3 is 2.69 bits per heavy atom.